The van der Waals surface area contributed by atoms with Crippen molar-refractivity contribution in [3.63, 3.8) is 0 Å². The molecule has 0 saturated carbocycles. The van der Waals surface area contributed by atoms with Gasteiger partial charge in [0.15, 0.2) is 0 Å². The standard InChI is InChI=1S/C21H21F4N5S.C4H6/c1-13(14(2)22)10-30-11-19(28-12-30)17-8-16(31-26-3)5-6-18(17)29-20-7-4-15(9-27-20)21(23,24)25;1-3-4-2/h4-9,11-12,26H,10H2,1-3H3,(H,27,29);3-4H,1-2H2/b14-13-;. The van der Waals surface area contributed by atoms with E-state index in [1.807, 2.05) is 18.2 Å². The summed E-state index contributed by atoms with van der Waals surface area (Å²) in [7, 11) is 1.80. The van der Waals surface area contributed by atoms with Crippen molar-refractivity contribution in [2.24, 2.45) is 0 Å². The first-order valence-electron chi connectivity index (χ1n) is 10.4. The normalized spacial score (nSPS) is 11.7. The van der Waals surface area contributed by atoms with Gasteiger partial charge in [-0.2, -0.15) is 13.2 Å². The van der Waals surface area contributed by atoms with Gasteiger partial charge in [0.05, 0.1) is 23.4 Å². The van der Waals surface area contributed by atoms with Crippen molar-refractivity contribution < 1.29 is 17.6 Å². The molecule has 186 valence electrons. The summed E-state index contributed by atoms with van der Waals surface area (Å²) in [5.41, 5.74) is 1.78. The number of alkyl halides is 3. The molecule has 0 saturated heterocycles. The van der Waals surface area contributed by atoms with Crippen molar-refractivity contribution in [3.05, 3.63) is 91.3 Å². The summed E-state index contributed by atoms with van der Waals surface area (Å²) in [5, 5.41) is 3.06. The smallest absolute Gasteiger partial charge is 0.340 e. The Bertz CT molecular complexity index is 1160. The Morgan fingerprint density at radius 2 is 1.83 bits per heavy atom. The Hall–Kier alpha value is -3.37. The second-order valence-corrected chi connectivity index (χ2v) is 8.37. The summed E-state index contributed by atoms with van der Waals surface area (Å²) >= 11 is 1.42. The van der Waals surface area contributed by atoms with Gasteiger partial charge in [-0.1, -0.05) is 25.3 Å². The Kier molecular flexibility index (Phi) is 10.3. The van der Waals surface area contributed by atoms with Gasteiger partial charge in [-0.15, -0.1) is 0 Å². The zero-order valence-electron chi connectivity index (χ0n) is 19.7. The third kappa shape index (κ3) is 8.41. The van der Waals surface area contributed by atoms with Crippen molar-refractivity contribution in [3.8, 4) is 11.3 Å². The van der Waals surface area contributed by atoms with E-state index in [0.29, 0.717) is 23.5 Å². The van der Waals surface area contributed by atoms with Crippen LogP contribution < -0.4 is 10.0 Å². The number of benzene rings is 1. The first-order chi connectivity index (χ1) is 16.6. The highest BCUT2D eigenvalue weighted by atomic mass is 32.2. The number of nitrogens with zero attached hydrogens (tertiary/aromatic N) is 3. The van der Waals surface area contributed by atoms with Crippen LogP contribution in [0.15, 0.2) is 90.7 Å². The molecule has 3 aromatic rings. The average Bonchev–Trinajstić information content (AvgIpc) is 3.28. The third-order valence-electron chi connectivity index (χ3n) is 4.65. The van der Waals surface area contributed by atoms with Gasteiger partial charge in [-0.05, 0) is 68.7 Å². The summed E-state index contributed by atoms with van der Waals surface area (Å²) < 4.78 is 56.5. The number of pyridine rings is 1. The molecule has 0 bridgehead atoms. The first kappa shape index (κ1) is 27.9. The quantitative estimate of drug-likeness (QED) is 0.188. The number of hydrogen-bond donors (Lipinski definition) is 2. The van der Waals surface area contributed by atoms with Crippen LogP contribution in [-0.4, -0.2) is 21.6 Å². The summed E-state index contributed by atoms with van der Waals surface area (Å²) in [5.74, 6) is 0.0351. The Balaban J connectivity index is 0.00000100. The maximum atomic E-state index is 13.4. The van der Waals surface area contributed by atoms with Gasteiger partial charge < -0.3 is 9.88 Å². The molecule has 0 aliphatic carbocycles. The van der Waals surface area contributed by atoms with Gasteiger partial charge in [0.25, 0.3) is 0 Å². The molecular formula is C25H27F4N5S. The van der Waals surface area contributed by atoms with E-state index >= 15 is 0 Å². The van der Waals surface area contributed by atoms with Crippen LogP contribution in [0.1, 0.15) is 19.4 Å². The zero-order valence-corrected chi connectivity index (χ0v) is 20.5. The number of aromatic nitrogens is 3. The van der Waals surface area contributed by atoms with Crippen LogP contribution in [-0.2, 0) is 12.7 Å². The second kappa shape index (κ2) is 12.9. The van der Waals surface area contributed by atoms with Crippen molar-refractivity contribution in [1.29, 1.82) is 0 Å². The number of anilines is 2. The van der Waals surface area contributed by atoms with E-state index in [-0.39, 0.29) is 11.6 Å². The van der Waals surface area contributed by atoms with Crippen LogP contribution in [0.2, 0.25) is 0 Å². The lowest BCUT2D eigenvalue weighted by Crippen LogP contribution is -2.06. The second-order valence-electron chi connectivity index (χ2n) is 7.28. The van der Waals surface area contributed by atoms with Gasteiger partial charge in [0.2, 0.25) is 0 Å². The Morgan fingerprint density at radius 3 is 2.37 bits per heavy atom. The molecule has 0 fully saturated rings. The largest absolute Gasteiger partial charge is 0.417 e. The summed E-state index contributed by atoms with van der Waals surface area (Å²) in [6, 6.07) is 7.84. The molecule has 10 heteroatoms. The minimum absolute atomic E-state index is 0.238. The van der Waals surface area contributed by atoms with Crippen LogP contribution in [0.5, 0.6) is 0 Å². The van der Waals surface area contributed by atoms with Gasteiger partial charge in [0.1, 0.15) is 5.82 Å². The number of nitrogens with one attached hydrogen (secondary N) is 2. The van der Waals surface area contributed by atoms with Crippen LogP contribution in [0.3, 0.4) is 0 Å². The predicted octanol–water partition coefficient (Wildman–Crippen LogP) is 7.56. The van der Waals surface area contributed by atoms with Crippen molar-refractivity contribution in [2.75, 3.05) is 12.4 Å². The number of rotatable bonds is 8. The highest BCUT2D eigenvalue weighted by Crippen LogP contribution is 2.34. The molecule has 5 nitrogen and oxygen atoms in total. The summed E-state index contributed by atoms with van der Waals surface area (Å²) in [4.78, 5) is 9.23. The third-order valence-corrected chi connectivity index (χ3v) is 5.34. The lowest BCUT2D eigenvalue weighted by Gasteiger charge is -2.13. The summed E-state index contributed by atoms with van der Waals surface area (Å²) in [6.45, 7) is 10.2. The van der Waals surface area contributed by atoms with Crippen LogP contribution in [0.25, 0.3) is 11.3 Å². The molecule has 0 aliphatic rings. The van der Waals surface area contributed by atoms with E-state index in [1.165, 1.54) is 24.9 Å². The number of imidazole rings is 1. The molecular weight excluding hydrogens is 478 g/mol. The zero-order chi connectivity index (χ0) is 26.0. The molecule has 0 atom stereocenters. The predicted molar refractivity (Wildman–Crippen MR) is 135 cm³/mol. The molecule has 0 spiro atoms. The highest BCUT2D eigenvalue weighted by Gasteiger charge is 2.30. The van der Waals surface area contributed by atoms with E-state index in [9.17, 15) is 17.6 Å². The average molecular weight is 506 g/mol. The molecule has 1 aromatic carbocycles. The maximum Gasteiger partial charge on any atom is 0.417 e. The molecule has 0 radical (unpaired) electrons. The summed E-state index contributed by atoms with van der Waals surface area (Å²) in [6.07, 6.45) is 3.03. The molecule has 3 rings (SSSR count). The van der Waals surface area contributed by atoms with Crippen LogP contribution in [0.4, 0.5) is 29.1 Å². The lowest BCUT2D eigenvalue weighted by molar-refractivity contribution is -0.137. The number of allylic oxidation sites excluding steroid dienone is 4. The fourth-order valence-electron chi connectivity index (χ4n) is 2.77. The van der Waals surface area contributed by atoms with Crippen LogP contribution >= 0.6 is 11.9 Å². The Morgan fingerprint density at radius 1 is 1.11 bits per heavy atom. The van der Waals surface area contributed by atoms with Crippen molar-refractivity contribution in [2.45, 2.75) is 31.5 Å². The topological polar surface area (TPSA) is 54.8 Å². The van der Waals surface area contributed by atoms with Gasteiger partial charge in [0, 0.05) is 35.1 Å². The molecule has 2 N–H and O–H groups in total. The van der Waals surface area contributed by atoms with Gasteiger partial charge in [-0.25, -0.2) is 14.4 Å². The Labute approximate surface area is 206 Å². The molecule has 2 heterocycles. The van der Waals surface area contributed by atoms with E-state index in [4.69, 9.17) is 0 Å². The van der Waals surface area contributed by atoms with E-state index in [1.54, 1.807) is 43.2 Å². The minimum atomic E-state index is -4.44. The minimum Gasteiger partial charge on any atom is -0.340 e. The molecule has 0 amide bonds. The fourth-order valence-corrected chi connectivity index (χ4v) is 3.32. The highest BCUT2D eigenvalue weighted by molar-refractivity contribution is 7.97. The first-order valence-corrected chi connectivity index (χ1v) is 11.3. The monoisotopic (exact) mass is 505 g/mol. The lowest BCUT2D eigenvalue weighted by atomic mass is 10.1. The SMILES string of the molecule is C=CC=C.CNSc1ccc(Nc2ccc(C(F)(F)F)cn2)c(-c2cn(C/C(C)=C(/C)F)cn2)c1. The molecule has 2 aromatic heterocycles. The molecule has 0 unspecified atom stereocenters. The van der Waals surface area contributed by atoms with Crippen molar-refractivity contribution >= 4 is 23.5 Å². The van der Waals surface area contributed by atoms with E-state index in [2.05, 4.69) is 33.2 Å². The fraction of sp³-hybridized carbons (Fsp3) is 0.200. The van der Waals surface area contributed by atoms with Crippen molar-refractivity contribution in [1.82, 2.24) is 19.3 Å². The van der Waals surface area contributed by atoms with E-state index in [0.717, 1.165) is 22.7 Å². The van der Waals surface area contributed by atoms with Crippen LogP contribution in [0, 0.1) is 0 Å². The maximum absolute atomic E-state index is 13.4. The molecule has 0 aliphatic heterocycles. The van der Waals surface area contributed by atoms with Gasteiger partial charge >= 0.3 is 6.18 Å². The molecule has 35 heavy (non-hydrogen) atoms. The van der Waals surface area contributed by atoms with Gasteiger partial charge in [-0.3, -0.25) is 4.72 Å². The number of hydrogen-bond acceptors (Lipinski definition) is 5. The number of halogens is 4. The van der Waals surface area contributed by atoms with E-state index < -0.39 is 11.7 Å².